The lowest BCUT2D eigenvalue weighted by atomic mass is 10.2. The lowest BCUT2D eigenvalue weighted by molar-refractivity contribution is -0.117. The van der Waals surface area contributed by atoms with Crippen LogP contribution in [0.25, 0.3) is 10.6 Å². The molecule has 0 spiro atoms. The van der Waals surface area contributed by atoms with Crippen LogP contribution in [0.15, 0.2) is 60.0 Å². The minimum atomic E-state index is -0.0412. The predicted molar refractivity (Wildman–Crippen MR) is 110 cm³/mol. The fraction of sp³-hybridized carbons (Fsp3) is 0.238. The molecule has 3 aromatic rings. The van der Waals surface area contributed by atoms with E-state index in [1.165, 1.54) is 0 Å². The Bertz CT molecular complexity index is 863. The van der Waals surface area contributed by atoms with Crippen molar-refractivity contribution in [3.8, 4) is 16.3 Å². The fourth-order valence-corrected chi connectivity index (χ4v) is 3.50. The zero-order valence-electron chi connectivity index (χ0n) is 15.5. The number of ether oxygens (including phenoxy) is 1. The van der Waals surface area contributed by atoms with Crippen molar-refractivity contribution in [1.29, 1.82) is 0 Å². The molecule has 1 aromatic heterocycles. The first-order valence-corrected chi connectivity index (χ1v) is 9.72. The van der Waals surface area contributed by atoms with E-state index in [4.69, 9.17) is 9.72 Å². The normalized spacial score (nSPS) is 10.8. The first-order chi connectivity index (χ1) is 13.2. The quantitative estimate of drug-likeness (QED) is 0.633. The fourth-order valence-electron chi connectivity index (χ4n) is 2.68. The summed E-state index contributed by atoms with van der Waals surface area (Å²) in [5.41, 5.74) is 2.86. The highest BCUT2D eigenvalue weighted by Crippen LogP contribution is 2.24. The third-order valence-electron chi connectivity index (χ3n) is 4.15. The predicted octanol–water partition coefficient (Wildman–Crippen LogP) is 4.28. The van der Waals surface area contributed by atoms with Gasteiger partial charge in [-0.3, -0.25) is 9.69 Å². The molecule has 1 N–H and O–H groups in total. The molecule has 1 heterocycles. The zero-order valence-corrected chi connectivity index (χ0v) is 16.3. The second kappa shape index (κ2) is 9.30. The van der Waals surface area contributed by atoms with Crippen LogP contribution in [0.5, 0.6) is 5.75 Å². The van der Waals surface area contributed by atoms with Crippen molar-refractivity contribution in [3.05, 3.63) is 65.7 Å². The van der Waals surface area contributed by atoms with Gasteiger partial charge in [0.25, 0.3) is 0 Å². The second-order valence-corrected chi connectivity index (χ2v) is 6.95. The van der Waals surface area contributed by atoms with Gasteiger partial charge in [-0.1, -0.05) is 37.3 Å². The summed E-state index contributed by atoms with van der Waals surface area (Å²) in [5.74, 6) is 0.724. The van der Waals surface area contributed by atoms with E-state index in [1.807, 2.05) is 49.4 Å². The number of aromatic nitrogens is 1. The van der Waals surface area contributed by atoms with E-state index in [0.29, 0.717) is 13.1 Å². The van der Waals surface area contributed by atoms with Crippen LogP contribution in [0.3, 0.4) is 0 Å². The third-order valence-corrected chi connectivity index (χ3v) is 5.09. The summed E-state index contributed by atoms with van der Waals surface area (Å²) in [6, 6.07) is 17.5. The number of hydrogen-bond donors (Lipinski definition) is 1. The minimum absolute atomic E-state index is 0.0412. The Labute approximate surface area is 163 Å². The molecule has 0 saturated carbocycles. The van der Waals surface area contributed by atoms with Gasteiger partial charge in [-0.15, -0.1) is 11.3 Å². The molecule has 0 unspecified atom stereocenters. The summed E-state index contributed by atoms with van der Waals surface area (Å²) in [7, 11) is 1.62. The van der Waals surface area contributed by atoms with Gasteiger partial charge in [0.15, 0.2) is 0 Å². The lowest BCUT2D eigenvalue weighted by Crippen LogP contribution is -2.32. The largest absolute Gasteiger partial charge is 0.497 e. The number of rotatable bonds is 8. The molecule has 0 aliphatic rings. The number of carbonyl (C=O) groups excluding carboxylic acids is 1. The van der Waals surface area contributed by atoms with Crippen LogP contribution in [0.2, 0.25) is 0 Å². The van der Waals surface area contributed by atoms with E-state index < -0.39 is 0 Å². The summed E-state index contributed by atoms with van der Waals surface area (Å²) < 4.78 is 5.13. The summed E-state index contributed by atoms with van der Waals surface area (Å²) in [4.78, 5) is 19.1. The maximum atomic E-state index is 12.4. The highest BCUT2D eigenvalue weighted by atomic mass is 32.1. The van der Waals surface area contributed by atoms with Gasteiger partial charge in [0.05, 0.1) is 19.3 Å². The Balaban J connectivity index is 1.57. The van der Waals surface area contributed by atoms with Crippen LogP contribution < -0.4 is 10.1 Å². The standard InChI is InChI=1S/C21H23N3O2S/c1-3-24(14-20(25)22-17-9-11-19(26-2)12-10-17)13-18-15-27-21(23-18)16-7-5-4-6-8-16/h4-12,15H,3,13-14H2,1-2H3,(H,22,25). The van der Waals surface area contributed by atoms with Crippen molar-refractivity contribution in [2.24, 2.45) is 0 Å². The maximum absolute atomic E-state index is 12.4. The van der Waals surface area contributed by atoms with Crippen molar-refractivity contribution >= 4 is 22.9 Å². The molecule has 27 heavy (non-hydrogen) atoms. The van der Waals surface area contributed by atoms with Crippen molar-refractivity contribution in [3.63, 3.8) is 0 Å². The molecule has 0 aliphatic carbocycles. The summed E-state index contributed by atoms with van der Waals surface area (Å²) >= 11 is 1.63. The van der Waals surface area contributed by atoms with Gasteiger partial charge in [-0.05, 0) is 30.8 Å². The van der Waals surface area contributed by atoms with E-state index >= 15 is 0 Å². The van der Waals surface area contributed by atoms with Gasteiger partial charge in [0.2, 0.25) is 5.91 Å². The van der Waals surface area contributed by atoms with Crippen LogP contribution in [0.4, 0.5) is 5.69 Å². The van der Waals surface area contributed by atoms with Crippen molar-refractivity contribution < 1.29 is 9.53 Å². The number of thiazole rings is 1. The van der Waals surface area contributed by atoms with Crippen molar-refractivity contribution in [2.75, 3.05) is 25.5 Å². The average molecular weight is 382 g/mol. The first-order valence-electron chi connectivity index (χ1n) is 8.84. The molecular formula is C21H23N3O2S. The Morgan fingerprint density at radius 3 is 2.56 bits per heavy atom. The lowest BCUT2D eigenvalue weighted by Gasteiger charge is -2.18. The van der Waals surface area contributed by atoms with E-state index in [0.717, 1.165) is 34.2 Å². The van der Waals surface area contributed by atoms with Crippen molar-refractivity contribution in [1.82, 2.24) is 9.88 Å². The average Bonchev–Trinajstić information content (AvgIpc) is 3.17. The van der Waals surface area contributed by atoms with E-state index in [9.17, 15) is 4.79 Å². The summed E-state index contributed by atoms with van der Waals surface area (Å²) in [5, 5.41) is 5.99. The van der Waals surface area contributed by atoms with Crippen LogP contribution in [0, 0.1) is 0 Å². The summed E-state index contributed by atoms with van der Waals surface area (Å²) in [6.45, 7) is 3.79. The Morgan fingerprint density at radius 2 is 1.89 bits per heavy atom. The van der Waals surface area contributed by atoms with Gasteiger partial charge in [-0.25, -0.2) is 4.98 Å². The number of hydrogen-bond acceptors (Lipinski definition) is 5. The van der Waals surface area contributed by atoms with Gasteiger partial charge >= 0.3 is 0 Å². The van der Waals surface area contributed by atoms with E-state index in [1.54, 1.807) is 18.4 Å². The Kier molecular flexibility index (Phi) is 6.57. The van der Waals surface area contributed by atoms with Gasteiger partial charge in [0, 0.05) is 23.2 Å². The zero-order chi connectivity index (χ0) is 19.1. The highest BCUT2D eigenvalue weighted by molar-refractivity contribution is 7.13. The van der Waals surface area contributed by atoms with E-state index in [2.05, 4.69) is 27.7 Å². The monoisotopic (exact) mass is 381 g/mol. The third kappa shape index (κ3) is 5.39. The van der Waals surface area contributed by atoms with Crippen LogP contribution in [-0.4, -0.2) is 36.0 Å². The molecule has 0 fully saturated rings. The molecule has 6 heteroatoms. The number of carbonyl (C=O) groups is 1. The Hall–Kier alpha value is -2.70. The molecule has 0 radical (unpaired) electrons. The summed E-state index contributed by atoms with van der Waals surface area (Å²) in [6.07, 6.45) is 0. The molecule has 0 aliphatic heterocycles. The van der Waals surface area contributed by atoms with Crippen LogP contribution in [-0.2, 0) is 11.3 Å². The highest BCUT2D eigenvalue weighted by Gasteiger charge is 2.12. The SMILES string of the molecule is CCN(CC(=O)Nc1ccc(OC)cc1)Cc1csc(-c2ccccc2)n1. The smallest absolute Gasteiger partial charge is 0.238 e. The number of anilines is 1. The molecule has 1 amide bonds. The molecule has 3 rings (SSSR count). The molecule has 0 bridgehead atoms. The number of benzene rings is 2. The molecule has 140 valence electrons. The first kappa shape index (κ1) is 19.1. The minimum Gasteiger partial charge on any atom is -0.497 e. The number of methoxy groups -OCH3 is 1. The number of nitrogens with zero attached hydrogens (tertiary/aromatic N) is 2. The maximum Gasteiger partial charge on any atom is 0.238 e. The molecule has 2 aromatic carbocycles. The van der Waals surface area contributed by atoms with Crippen LogP contribution >= 0.6 is 11.3 Å². The number of likely N-dealkylation sites (N-methyl/N-ethyl adjacent to an activating group) is 1. The van der Waals surface area contributed by atoms with Gasteiger partial charge in [-0.2, -0.15) is 0 Å². The van der Waals surface area contributed by atoms with Gasteiger partial charge in [0.1, 0.15) is 10.8 Å². The molecule has 5 nitrogen and oxygen atoms in total. The van der Waals surface area contributed by atoms with Gasteiger partial charge < -0.3 is 10.1 Å². The Morgan fingerprint density at radius 1 is 1.15 bits per heavy atom. The number of nitrogens with one attached hydrogen (secondary N) is 1. The second-order valence-electron chi connectivity index (χ2n) is 6.09. The molecule has 0 saturated heterocycles. The topological polar surface area (TPSA) is 54.5 Å². The molecule has 0 atom stereocenters. The molecular weight excluding hydrogens is 358 g/mol. The van der Waals surface area contributed by atoms with E-state index in [-0.39, 0.29) is 5.91 Å². The number of amides is 1. The van der Waals surface area contributed by atoms with Crippen molar-refractivity contribution in [2.45, 2.75) is 13.5 Å². The van der Waals surface area contributed by atoms with Crippen LogP contribution in [0.1, 0.15) is 12.6 Å².